The maximum atomic E-state index is 12.5. The van der Waals surface area contributed by atoms with Gasteiger partial charge in [0.05, 0.1) is 5.56 Å². The SMILES string of the molecule is Cc1ccc(C)c(Sc2ncccc2C(=O)OCc2nnsc2Cl)c1. The van der Waals surface area contributed by atoms with Crippen molar-refractivity contribution in [1.82, 2.24) is 14.6 Å². The van der Waals surface area contributed by atoms with E-state index in [4.69, 9.17) is 16.3 Å². The van der Waals surface area contributed by atoms with Crippen molar-refractivity contribution in [3.8, 4) is 0 Å². The minimum Gasteiger partial charge on any atom is -0.455 e. The summed E-state index contributed by atoms with van der Waals surface area (Å²) in [5.41, 5.74) is 3.14. The van der Waals surface area contributed by atoms with Crippen LogP contribution in [-0.2, 0) is 11.3 Å². The van der Waals surface area contributed by atoms with Crippen LogP contribution in [0.15, 0.2) is 46.5 Å². The number of rotatable bonds is 5. The van der Waals surface area contributed by atoms with Crippen LogP contribution in [0.25, 0.3) is 0 Å². The van der Waals surface area contributed by atoms with E-state index in [1.807, 2.05) is 13.8 Å². The van der Waals surface area contributed by atoms with Crippen molar-refractivity contribution < 1.29 is 9.53 Å². The lowest BCUT2D eigenvalue weighted by Gasteiger charge is -2.10. The molecule has 0 unspecified atom stereocenters. The smallest absolute Gasteiger partial charge is 0.341 e. The molecule has 0 saturated heterocycles. The zero-order valence-electron chi connectivity index (χ0n) is 13.5. The molecule has 0 amide bonds. The van der Waals surface area contributed by atoms with Crippen molar-refractivity contribution in [1.29, 1.82) is 0 Å². The average molecular weight is 392 g/mol. The first-order valence-corrected chi connectivity index (χ1v) is 9.35. The second kappa shape index (κ2) is 7.95. The molecule has 0 atom stereocenters. The number of hydrogen-bond donors (Lipinski definition) is 0. The second-order valence-electron chi connectivity index (χ2n) is 5.30. The van der Waals surface area contributed by atoms with Crippen LogP contribution >= 0.6 is 34.9 Å². The van der Waals surface area contributed by atoms with Crippen molar-refractivity contribution >= 4 is 40.9 Å². The molecule has 5 nitrogen and oxygen atoms in total. The predicted octanol–water partition coefficient (Wildman–Crippen LogP) is 4.71. The van der Waals surface area contributed by atoms with Crippen molar-refractivity contribution in [2.45, 2.75) is 30.4 Å². The average Bonchev–Trinajstić information content (AvgIpc) is 3.01. The standard InChI is InChI=1S/C17H14ClN3O2S2/c1-10-5-6-11(2)14(8-10)24-16-12(4-3-7-19-16)17(22)23-9-13-15(18)25-21-20-13/h3-8H,9H2,1-2H3. The lowest BCUT2D eigenvalue weighted by molar-refractivity contribution is 0.0463. The van der Waals surface area contributed by atoms with E-state index in [1.54, 1.807) is 18.3 Å². The van der Waals surface area contributed by atoms with Gasteiger partial charge in [-0.15, -0.1) is 5.10 Å². The highest BCUT2D eigenvalue weighted by atomic mass is 35.5. The van der Waals surface area contributed by atoms with E-state index < -0.39 is 5.97 Å². The molecule has 0 fully saturated rings. The number of aromatic nitrogens is 3. The fourth-order valence-corrected chi connectivity index (χ4v) is 3.70. The van der Waals surface area contributed by atoms with E-state index in [2.05, 4.69) is 32.8 Å². The van der Waals surface area contributed by atoms with Gasteiger partial charge in [0.15, 0.2) is 0 Å². The Morgan fingerprint density at radius 3 is 2.92 bits per heavy atom. The maximum absolute atomic E-state index is 12.5. The summed E-state index contributed by atoms with van der Waals surface area (Å²) < 4.78 is 9.45. The highest BCUT2D eigenvalue weighted by Gasteiger charge is 2.17. The predicted molar refractivity (Wildman–Crippen MR) is 98.3 cm³/mol. The normalized spacial score (nSPS) is 10.7. The van der Waals surface area contributed by atoms with Crippen LogP contribution < -0.4 is 0 Å². The highest BCUT2D eigenvalue weighted by Crippen LogP contribution is 2.32. The summed E-state index contributed by atoms with van der Waals surface area (Å²) in [7, 11) is 0. The summed E-state index contributed by atoms with van der Waals surface area (Å²) in [6.07, 6.45) is 1.66. The van der Waals surface area contributed by atoms with Gasteiger partial charge < -0.3 is 4.74 Å². The third-order valence-corrected chi connectivity index (χ3v) is 5.55. The molecule has 3 aromatic rings. The third-order valence-electron chi connectivity index (χ3n) is 3.39. The first kappa shape index (κ1) is 17.8. The van der Waals surface area contributed by atoms with Gasteiger partial charge in [-0.3, -0.25) is 0 Å². The molecule has 0 N–H and O–H groups in total. The largest absolute Gasteiger partial charge is 0.455 e. The molecule has 2 heterocycles. The van der Waals surface area contributed by atoms with Gasteiger partial charge in [0.1, 0.15) is 21.7 Å². The number of esters is 1. The molecule has 3 rings (SSSR count). The summed E-state index contributed by atoms with van der Waals surface area (Å²) in [6.45, 7) is 4.04. The Kier molecular flexibility index (Phi) is 5.67. The molecule has 0 aliphatic heterocycles. The molecule has 0 aliphatic carbocycles. The van der Waals surface area contributed by atoms with Crippen LogP contribution in [0.5, 0.6) is 0 Å². The van der Waals surface area contributed by atoms with E-state index in [0.29, 0.717) is 20.6 Å². The van der Waals surface area contributed by atoms with E-state index in [9.17, 15) is 4.79 Å². The monoisotopic (exact) mass is 391 g/mol. The van der Waals surface area contributed by atoms with E-state index in [0.717, 1.165) is 27.6 Å². The Labute approximate surface area is 158 Å². The Morgan fingerprint density at radius 2 is 2.16 bits per heavy atom. The molecule has 0 aliphatic rings. The van der Waals surface area contributed by atoms with Gasteiger partial charge in [-0.25, -0.2) is 9.78 Å². The number of halogens is 1. The third kappa shape index (κ3) is 4.36. The number of ether oxygens (including phenoxy) is 1. The van der Waals surface area contributed by atoms with Crippen LogP contribution in [-0.4, -0.2) is 20.5 Å². The van der Waals surface area contributed by atoms with E-state index in [1.165, 1.54) is 11.8 Å². The Bertz CT molecular complexity index is 914. The Hall–Kier alpha value is -1.96. The maximum Gasteiger partial charge on any atom is 0.341 e. The van der Waals surface area contributed by atoms with Crippen LogP contribution in [0.2, 0.25) is 4.34 Å². The van der Waals surface area contributed by atoms with Crippen molar-refractivity contribution in [2.24, 2.45) is 0 Å². The molecule has 2 aromatic heterocycles. The summed E-state index contributed by atoms with van der Waals surface area (Å²) in [4.78, 5) is 17.8. The van der Waals surface area contributed by atoms with Gasteiger partial charge in [0, 0.05) is 22.6 Å². The van der Waals surface area contributed by atoms with Gasteiger partial charge in [-0.1, -0.05) is 40.0 Å². The first-order chi connectivity index (χ1) is 12.0. The number of aryl methyl sites for hydroxylation is 2. The number of carbonyl (C=O) groups is 1. The van der Waals surface area contributed by atoms with Crippen LogP contribution in [0, 0.1) is 13.8 Å². The lowest BCUT2D eigenvalue weighted by atomic mass is 10.2. The summed E-state index contributed by atoms with van der Waals surface area (Å²) >= 11 is 8.43. The first-order valence-electron chi connectivity index (χ1n) is 7.38. The molecule has 0 radical (unpaired) electrons. The van der Waals surface area contributed by atoms with Gasteiger partial charge >= 0.3 is 5.97 Å². The molecule has 0 bridgehead atoms. The number of benzene rings is 1. The van der Waals surface area contributed by atoms with Crippen molar-refractivity contribution in [3.63, 3.8) is 0 Å². The lowest BCUT2D eigenvalue weighted by Crippen LogP contribution is -2.08. The number of hydrogen-bond acceptors (Lipinski definition) is 7. The van der Waals surface area contributed by atoms with Crippen LogP contribution in [0.3, 0.4) is 0 Å². The number of carbonyl (C=O) groups excluding carboxylic acids is 1. The molecule has 8 heteroatoms. The zero-order chi connectivity index (χ0) is 17.8. The highest BCUT2D eigenvalue weighted by molar-refractivity contribution is 7.99. The van der Waals surface area contributed by atoms with Gasteiger partial charge in [-0.2, -0.15) is 0 Å². The molecule has 0 saturated carbocycles. The van der Waals surface area contributed by atoms with Crippen LogP contribution in [0.1, 0.15) is 27.2 Å². The fourth-order valence-electron chi connectivity index (χ4n) is 2.04. The molecule has 128 valence electrons. The van der Waals surface area contributed by atoms with Crippen LogP contribution in [0.4, 0.5) is 0 Å². The van der Waals surface area contributed by atoms with E-state index in [-0.39, 0.29) is 6.61 Å². The fraction of sp³-hybridized carbons (Fsp3) is 0.176. The van der Waals surface area contributed by atoms with Gasteiger partial charge in [0.2, 0.25) is 0 Å². The van der Waals surface area contributed by atoms with Crippen molar-refractivity contribution in [3.05, 3.63) is 63.2 Å². The topological polar surface area (TPSA) is 65.0 Å². The molecular formula is C17H14ClN3O2S2. The minimum atomic E-state index is -0.468. The molecule has 0 spiro atoms. The minimum absolute atomic E-state index is 0.0172. The van der Waals surface area contributed by atoms with Gasteiger partial charge in [0.25, 0.3) is 0 Å². The molecule has 25 heavy (non-hydrogen) atoms. The Morgan fingerprint density at radius 1 is 1.32 bits per heavy atom. The molecular weight excluding hydrogens is 378 g/mol. The zero-order valence-corrected chi connectivity index (χ0v) is 15.9. The van der Waals surface area contributed by atoms with Gasteiger partial charge in [-0.05, 0) is 43.2 Å². The number of pyridine rings is 1. The quantitative estimate of drug-likeness (QED) is 0.587. The molecule has 1 aromatic carbocycles. The van der Waals surface area contributed by atoms with E-state index >= 15 is 0 Å². The van der Waals surface area contributed by atoms with Crippen molar-refractivity contribution in [2.75, 3.05) is 0 Å². The summed E-state index contributed by atoms with van der Waals surface area (Å²) in [5.74, 6) is -0.468. The summed E-state index contributed by atoms with van der Waals surface area (Å²) in [6, 6.07) is 9.59. The summed E-state index contributed by atoms with van der Waals surface area (Å²) in [5, 5.41) is 4.43. The Balaban J connectivity index is 1.79. The second-order valence-corrected chi connectivity index (χ2v) is 7.68. The number of nitrogens with zero attached hydrogens (tertiary/aromatic N) is 3.